The molecule has 0 atom stereocenters. The molecule has 1 aliphatic rings. The van der Waals surface area contributed by atoms with Gasteiger partial charge in [0.2, 0.25) is 0 Å². The number of amides is 2. The fourth-order valence-corrected chi connectivity index (χ4v) is 2.91. The minimum Gasteiger partial charge on any atom is -0.497 e. The smallest absolute Gasteiger partial charge is 0.278 e. The Hall–Kier alpha value is -3.61. The minimum atomic E-state index is -0.498. The number of carbonyl (C=O) groups excluding carboxylic acids is 2. The molecule has 0 aromatic heterocycles. The Morgan fingerprint density at radius 2 is 1.79 bits per heavy atom. The van der Waals surface area contributed by atoms with Crippen LogP contribution in [0.1, 0.15) is 5.56 Å². The summed E-state index contributed by atoms with van der Waals surface area (Å²) in [7, 11) is 3.02. The van der Waals surface area contributed by atoms with E-state index in [1.165, 1.54) is 44.6 Å². The summed E-state index contributed by atoms with van der Waals surface area (Å²) in [5.41, 5.74) is 1.16. The lowest BCUT2D eigenvalue weighted by molar-refractivity contribution is -0.136. The first kappa shape index (κ1) is 19.2. The van der Waals surface area contributed by atoms with E-state index in [9.17, 15) is 14.0 Å². The van der Waals surface area contributed by atoms with Crippen LogP contribution < -0.4 is 14.8 Å². The van der Waals surface area contributed by atoms with Gasteiger partial charge in [0.1, 0.15) is 23.0 Å². The van der Waals surface area contributed by atoms with Crippen LogP contribution in [0.4, 0.5) is 10.1 Å². The summed E-state index contributed by atoms with van der Waals surface area (Å²) in [5, 5.41) is 3.00. The topological polar surface area (TPSA) is 67.9 Å². The standard InChI is InChI=1S/C21H19FN2O4/c1-4-11-24-20(25)18(13-5-7-14(22)8-6-13)19(21(24)26)23-16-10-9-15(27-2)12-17(16)28-3/h4-10,12,23H,1,11H2,2-3H3. The number of anilines is 1. The summed E-state index contributed by atoms with van der Waals surface area (Å²) >= 11 is 0. The van der Waals surface area contributed by atoms with E-state index >= 15 is 0 Å². The summed E-state index contributed by atoms with van der Waals surface area (Å²) in [6, 6.07) is 10.4. The van der Waals surface area contributed by atoms with E-state index in [0.717, 1.165) is 4.90 Å². The average molecular weight is 382 g/mol. The lowest BCUT2D eigenvalue weighted by Gasteiger charge is -2.14. The van der Waals surface area contributed by atoms with Crippen LogP contribution >= 0.6 is 0 Å². The second kappa shape index (κ2) is 7.96. The Morgan fingerprint density at radius 3 is 2.39 bits per heavy atom. The molecule has 0 radical (unpaired) electrons. The van der Waals surface area contributed by atoms with E-state index in [1.807, 2.05) is 0 Å². The molecule has 28 heavy (non-hydrogen) atoms. The van der Waals surface area contributed by atoms with Gasteiger partial charge in [0.25, 0.3) is 11.8 Å². The van der Waals surface area contributed by atoms with Crippen molar-refractivity contribution in [3.8, 4) is 11.5 Å². The zero-order valence-corrected chi connectivity index (χ0v) is 15.5. The van der Waals surface area contributed by atoms with Crippen molar-refractivity contribution < 1.29 is 23.5 Å². The number of imide groups is 1. The van der Waals surface area contributed by atoms with Gasteiger partial charge in [-0.3, -0.25) is 14.5 Å². The molecule has 1 aliphatic heterocycles. The van der Waals surface area contributed by atoms with Gasteiger partial charge in [0.05, 0.1) is 25.5 Å². The van der Waals surface area contributed by atoms with Gasteiger partial charge in [-0.05, 0) is 29.8 Å². The zero-order chi connectivity index (χ0) is 20.3. The predicted octanol–water partition coefficient (Wildman–Crippen LogP) is 3.22. The molecule has 144 valence electrons. The highest BCUT2D eigenvalue weighted by Gasteiger charge is 2.38. The van der Waals surface area contributed by atoms with Crippen molar-refractivity contribution in [1.29, 1.82) is 0 Å². The fourth-order valence-electron chi connectivity index (χ4n) is 2.91. The number of ether oxygens (including phenoxy) is 2. The summed E-state index contributed by atoms with van der Waals surface area (Å²) in [4.78, 5) is 26.8. The molecule has 1 N–H and O–H groups in total. The van der Waals surface area contributed by atoms with E-state index < -0.39 is 17.6 Å². The highest BCUT2D eigenvalue weighted by molar-refractivity contribution is 6.36. The molecule has 0 saturated heterocycles. The molecule has 7 heteroatoms. The molecule has 0 spiro atoms. The molecule has 2 aromatic carbocycles. The Kier molecular flexibility index (Phi) is 5.44. The third-order valence-corrected chi connectivity index (χ3v) is 4.28. The number of benzene rings is 2. The third kappa shape index (κ3) is 3.46. The maximum atomic E-state index is 13.3. The molecule has 0 saturated carbocycles. The summed E-state index contributed by atoms with van der Waals surface area (Å²) in [5.74, 6) is -0.394. The molecule has 0 aliphatic carbocycles. The van der Waals surface area contributed by atoms with E-state index in [-0.39, 0.29) is 17.8 Å². The maximum absolute atomic E-state index is 13.3. The summed E-state index contributed by atoms with van der Waals surface area (Å²) in [6.07, 6.45) is 1.47. The third-order valence-electron chi connectivity index (χ3n) is 4.28. The molecule has 6 nitrogen and oxygen atoms in total. The minimum absolute atomic E-state index is 0.0628. The van der Waals surface area contributed by atoms with Crippen LogP contribution in [0.2, 0.25) is 0 Å². The van der Waals surface area contributed by atoms with Crippen molar-refractivity contribution in [1.82, 2.24) is 4.90 Å². The molecule has 3 rings (SSSR count). The van der Waals surface area contributed by atoms with Crippen molar-refractivity contribution in [3.63, 3.8) is 0 Å². The van der Waals surface area contributed by atoms with Gasteiger partial charge < -0.3 is 14.8 Å². The normalized spacial score (nSPS) is 13.8. The number of hydrogen-bond donors (Lipinski definition) is 1. The number of rotatable bonds is 7. The molecule has 0 fully saturated rings. The Morgan fingerprint density at radius 1 is 1.07 bits per heavy atom. The van der Waals surface area contributed by atoms with Crippen molar-refractivity contribution >= 4 is 23.1 Å². The number of carbonyl (C=O) groups is 2. The van der Waals surface area contributed by atoms with Gasteiger partial charge in [-0.1, -0.05) is 18.2 Å². The fraction of sp³-hybridized carbons (Fsp3) is 0.143. The Balaban J connectivity index is 2.09. The van der Waals surface area contributed by atoms with Gasteiger partial charge in [0.15, 0.2) is 0 Å². The van der Waals surface area contributed by atoms with Gasteiger partial charge in [0, 0.05) is 12.6 Å². The predicted molar refractivity (Wildman–Crippen MR) is 103 cm³/mol. The van der Waals surface area contributed by atoms with E-state index in [2.05, 4.69) is 11.9 Å². The molecule has 0 unspecified atom stereocenters. The van der Waals surface area contributed by atoms with Crippen LogP contribution in [-0.4, -0.2) is 37.5 Å². The maximum Gasteiger partial charge on any atom is 0.278 e. The number of nitrogens with zero attached hydrogens (tertiary/aromatic N) is 1. The molecular weight excluding hydrogens is 363 g/mol. The highest BCUT2D eigenvalue weighted by atomic mass is 19.1. The SMILES string of the molecule is C=CCN1C(=O)C(Nc2ccc(OC)cc2OC)=C(c2ccc(F)cc2)C1=O. The first-order chi connectivity index (χ1) is 13.5. The number of methoxy groups -OCH3 is 2. The zero-order valence-electron chi connectivity index (χ0n) is 15.5. The molecule has 0 bridgehead atoms. The molecule has 2 amide bonds. The molecule has 1 heterocycles. The number of nitrogens with one attached hydrogen (secondary N) is 1. The van der Waals surface area contributed by atoms with Crippen LogP contribution in [0, 0.1) is 5.82 Å². The summed E-state index contributed by atoms with van der Waals surface area (Å²) < 4.78 is 23.8. The van der Waals surface area contributed by atoms with E-state index in [1.54, 1.807) is 18.2 Å². The first-order valence-corrected chi connectivity index (χ1v) is 8.46. The van der Waals surface area contributed by atoms with Gasteiger partial charge >= 0.3 is 0 Å². The quantitative estimate of drug-likeness (QED) is 0.588. The average Bonchev–Trinajstić information content (AvgIpc) is 2.93. The van der Waals surface area contributed by atoms with Crippen molar-refractivity contribution in [2.75, 3.05) is 26.1 Å². The van der Waals surface area contributed by atoms with Crippen molar-refractivity contribution in [2.45, 2.75) is 0 Å². The van der Waals surface area contributed by atoms with Crippen LogP contribution in [0.25, 0.3) is 5.57 Å². The Labute approximate surface area is 161 Å². The number of hydrogen-bond acceptors (Lipinski definition) is 5. The second-order valence-electron chi connectivity index (χ2n) is 5.96. The largest absolute Gasteiger partial charge is 0.497 e. The van der Waals surface area contributed by atoms with Crippen LogP contribution in [0.15, 0.2) is 60.8 Å². The Bertz CT molecular complexity index is 967. The summed E-state index contributed by atoms with van der Waals surface area (Å²) in [6.45, 7) is 3.65. The molecule has 2 aromatic rings. The van der Waals surface area contributed by atoms with E-state index in [0.29, 0.717) is 22.7 Å². The van der Waals surface area contributed by atoms with Crippen molar-refractivity contribution in [3.05, 3.63) is 72.2 Å². The van der Waals surface area contributed by atoms with Gasteiger partial charge in [-0.2, -0.15) is 0 Å². The lowest BCUT2D eigenvalue weighted by Crippen LogP contribution is -2.32. The van der Waals surface area contributed by atoms with Gasteiger partial charge in [-0.15, -0.1) is 6.58 Å². The van der Waals surface area contributed by atoms with Gasteiger partial charge in [-0.25, -0.2) is 4.39 Å². The monoisotopic (exact) mass is 382 g/mol. The van der Waals surface area contributed by atoms with Crippen LogP contribution in [0.5, 0.6) is 11.5 Å². The second-order valence-corrected chi connectivity index (χ2v) is 5.96. The van der Waals surface area contributed by atoms with Crippen LogP contribution in [-0.2, 0) is 9.59 Å². The lowest BCUT2D eigenvalue weighted by atomic mass is 10.0. The first-order valence-electron chi connectivity index (χ1n) is 8.46. The van der Waals surface area contributed by atoms with Crippen LogP contribution in [0.3, 0.4) is 0 Å². The number of halogens is 1. The van der Waals surface area contributed by atoms with Crippen molar-refractivity contribution in [2.24, 2.45) is 0 Å². The molecular formula is C21H19FN2O4. The van der Waals surface area contributed by atoms with E-state index in [4.69, 9.17) is 9.47 Å². The highest BCUT2D eigenvalue weighted by Crippen LogP contribution is 2.35.